The number of rotatable bonds is 7. The summed E-state index contributed by atoms with van der Waals surface area (Å²) in [5.74, 6) is 0.267. The second-order valence-electron chi connectivity index (χ2n) is 5.39. The van der Waals surface area contributed by atoms with Crippen molar-refractivity contribution in [2.75, 3.05) is 14.2 Å². The lowest BCUT2D eigenvalue weighted by atomic mass is 9.85. The lowest BCUT2D eigenvalue weighted by Crippen LogP contribution is -2.28. The highest BCUT2D eigenvalue weighted by atomic mass is 28.2. The molecule has 2 rings (SSSR count). The van der Waals surface area contributed by atoms with E-state index in [0.29, 0.717) is 11.1 Å². The minimum absolute atomic E-state index is 0.0192. The Balaban J connectivity index is 2.92. The molecule has 7 heteroatoms. The molecule has 2 aromatic carbocycles. The maximum absolute atomic E-state index is 11.8. The summed E-state index contributed by atoms with van der Waals surface area (Å²) in [7, 11) is 5.87. The van der Waals surface area contributed by atoms with Gasteiger partial charge in [-0.15, -0.1) is 0 Å². The van der Waals surface area contributed by atoms with Crippen molar-refractivity contribution in [3.05, 3.63) is 69.8 Å². The SMILES string of the molecule is C=Cc1cc(C(C)(O[Si])c2ccccc2)c([N+](=O)[O-])c(OC)c1OC. The number of benzene rings is 2. The summed E-state index contributed by atoms with van der Waals surface area (Å²) >= 11 is 0. The molecule has 0 amide bonds. The highest BCUT2D eigenvalue weighted by Gasteiger charge is 2.39. The third-order valence-corrected chi connectivity index (χ3v) is 4.50. The summed E-state index contributed by atoms with van der Waals surface area (Å²) in [4.78, 5) is 11.3. The van der Waals surface area contributed by atoms with Crippen LogP contribution >= 0.6 is 0 Å². The molecule has 0 N–H and O–H groups in total. The van der Waals surface area contributed by atoms with Crippen molar-refractivity contribution < 1.29 is 18.8 Å². The number of hydrogen-bond acceptors (Lipinski definition) is 5. The van der Waals surface area contributed by atoms with Crippen molar-refractivity contribution >= 4 is 22.2 Å². The molecule has 129 valence electrons. The van der Waals surface area contributed by atoms with E-state index in [4.69, 9.17) is 13.9 Å². The van der Waals surface area contributed by atoms with Gasteiger partial charge < -0.3 is 13.9 Å². The van der Waals surface area contributed by atoms with Gasteiger partial charge in [-0.05, 0) is 18.6 Å². The smallest absolute Gasteiger partial charge is 0.321 e. The average Bonchev–Trinajstić information content (AvgIpc) is 2.65. The van der Waals surface area contributed by atoms with Crippen LogP contribution in [0.15, 0.2) is 43.0 Å². The van der Waals surface area contributed by atoms with Crippen LogP contribution in [0.5, 0.6) is 11.5 Å². The molecule has 2 aromatic rings. The third-order valence-electron chi connectivity index (χ3n) is 4.09. The minimum atomic E-state index is -1.14. The fourth-order valence-electron chi connectivity index (χ4n) is 2.77. The molecule has 0 aliphatic rings. The standard InChI is InChI=1S/C18H18NO5Si/c1-5-12-11-14(15(19(20)21)17(23-4)16(12)22-3)18(2,24-25)13-9-7-6-8-10-13/h5-11H,1H2,2-4H3. The van der Waals surface area contributed by atoms with E-state index in [0.717, 1.165) is 5.56 Å². The fraction of sp³-hybridized carbons (Fsp3) is 0.222. The number of methoxy groups -OCH3 is 2. The predicted molar refractivity (Wildman–Crippen MR) is 96.0 cm³/mol. The topological polar surface area (TPSA) is 70.8 Å². The first-order chi connectivity index (χ1) is 11.9. The Morgan fingerprint density at radius 1 is 1.20 bits per heavy atom. The largest absolute Gasteiger partial charge is 0.492 e. The van der Waals surface area contributed by atoms with Gasteiger partial charge in [-0.25, -0.2) is 0 Å². The summed E-state index contributed by atoms with van der Waals surface area (Å²) in [6.07, 6.45) is 1.55. The monoisotopic (exact) mass is 356 g/mol. The summed E-state index contributed by atoms with van der Waals surface area (Å²) < 4.78 is 16.1. The van der Waals surface area contributed by atoms with Gasteiger partial charge in [0.15, 0.2) is 5.75 Å². The number of hydrogen-bond donors (Lipinski definition) is 0. The Hall–Kier alpha value is -2.64. The summed E-state index contributed by atoms with van der Waals surface area (Å²) in [5, 5.41) is 11.8. The highest BCUT2D eigenvalue weighted by Crippen LogP contribution is 2.48. The lowest BCUT2D eigenvalue weighted by molar-refractivity contribution is -0.387. The molecule has 0 aliphatic heterocycles. The van der Waals surface area contributed by atoms with Crippen LogP contribution in [0.3, 0.4) is 0 Å². The number of nitro groups is 1. The van der Waals surface area contributed by atoms with Gasteiger partial charge in [0.2, 0.25) is 16.2 Å². The summed E-state index contributed by atoms with van der Waals surface area (Å²) in [6.45, 7) is 5.49. The normalized spacial score (nSPS) is 13.0. The molecule has 0 fully saturated rings. The Morgan fingerprint density at radius 2 is 1.80 bits per heavy atom. The molecule has 0 aliphatic carbocycles. The van der Waals surface area contributed by atoms with E-state index in [1.807, 2.05) is 30.3 Å². The van der Waals surface area contributed by atoms with Gasteiger partial charge in [0.1, 0.15) is 5.60 Å². The first kappa shape index (κ1) is 18.7. The van der Waals surface area contributed by atoms with E-state index in [2.05, 4.69) is 17.1 Å². The van der Waals surface area contributed by atoms with Crippen LogP contribution in [-0.2, 0) is 10.0 Å². The molecular weight excluding hydrogens is 338 g/mol. The lowest BCUT2D eigenvalue weighted by Gasteiger charge is -2.30. The van der Waals surface area contributed by atoms with Crippen LogP contribution in [0.4, 0.5) is 5.69 Å². The van der Waals surface area contributed by atoms with Gasteiger partial charge in [0, 0.05) is 5.56 Å². The van der Waals surface area contributed by atoms with Crippen LogP contribution < -0.4 is 9.47 Å². The Labute approximate surface area is 149 Å². The Kier molecular flexibility index (Phi) is 5.61. The molecular formula is C18H18NO5Si. The second kappa shape index (κ2) is 7.50. The van der Waals surface area contributed by atoms with Crippen molar-refractivity contribution in [3.8, 4) is 11.5 Å². The van der Waals surface area contributed by atoms with Gasteiger partial charge >= 0.3 is 5.69 Å². The highest BCUT2D eigenvalue weighted by molar-refractivity contribution is 5.98. The minimum Gasteiger partial charge on any atom is -0.492 e. The van der Waals surface area contributed by atoms with Crippen molar-refractivity contribution in [1.82, 2.24) is 0 Å². The zero-order chi connectivity index (χ0) is 18.6. The molecule has 0 bridgehead atoms. The van der Waals surface area contributed by atoms with Crippen LogP contribution in [0.1, 0.15) is 23.6 Å². The quantitative estimate of drug-likeness (QED) is 0.430. The molecule has 0 saturated carbocycles. The molecule has 1 atom stereocenters. The van der Waals surface area contributed by atoms with Crippen LogP contribution in [0.2, 0.25) is 0 Å². The van der Waals surface area contributed by atoms with E-state index < -0.39 is 10.5 Å². The Bertz CT molecular complexity index is 794. The van der Waals surface area contributed by atoms with Gasteiger partial charge in [-0.3, -0.25) is 10.1 Å². The fourth-order valence-corrected chi connectivity index (χ4v) is 3.00. The zero-order valence-electron chi connectivity index (χ0n) is 14.2. The molecule has 6 nitrogen and oxygen atoms in total. The van der Waals surface area contributed by atoms with E-state index in [1.54, 1.807) is 19.1 Å². The second-order valence-corrected chi connectivity index (χ2v) is 5.60. The average molecular weight is 356 g/mol. The Morgan fingerprint density at radius 3 is 2.24 bits per heavy atom. The van der Waals surface area contributed by atoms with Crippen molar-refractivity contribution in [3.63, 3.8) is 0 Å². The molecule has 1 unspecified atom stereocenters. The van der Waals surface area contributed by atoms with Crippen LogP contribution in [0, 0.1) is 10.1 Å². The van der Waals surface area contributed by atoms with Gasteiger partial charge in [0.25, 0.3) is 0 Å². The summed E-state index contributed by atoms with van der Waals surface area (Å²) in [6, 6.07) is 10.8. The molecule has 3 radical (unpaired) electrons. The maximum Gasteiger partial charge on any atom is 0.321 e. The molecule has 25 heavy (non-hydrogen) atoms. The van der Waals surface area contributed by atoms with E-state index >= 15 is 0 Å². The van der Waals surface area contributed by atoms with E-state index in [1.165, 1.54) is 14.2 Å². The summed E-state index contributed by atoms with van der Waals surface area (Å²) in [5.41, 5.74) is 0.236. The third kappa shape index (κ3) is 3.16. The van der Waals surface area contributed by atoms with Crippen molar-refractivity contribution in [1.29, 1.82) is 0 Å². The van der Waals surface area contributed by atoms with Gasteiger partial charge in [0.05, 0.1) is 24.7 Å². The molecule has 0 heterocycles. The van der Waals surface area contributed by atoms with Gasteiger partial charge in [-0.1, -0.05) is 43.0 Å². The number of nitro benzene ring substituents is 1. The van der Waals surface area contributed by atoms with E-state index in [9.17, 15) is 10.1 Å². The van der Waals surface area contributed by atoms with Crippen LogP contribution in [0.25, 0.3) is 6.08 Å². The van der Waals surface area contributed by atoms with Crippen LogP contribution in [-0.4, -0.2) is 29.6 Å². The van der Waals surface area contributed by atoms with E-state index in [-0.39, 0.29) is 17.2 Å². The molecule has 0 spiro atoms. The number of ether oxygens (including phenoxy) is 2. The molecule has 0 aromatic heterocycles. The first-order valence-electron chi connectivity index (χ1n) is 7.41. The van der Waals surface area contributed by atoms with Crippen molar-refractivity contribution in [2.45, 2.75) is 12.5 Å². The molecule has 0 saturated heterocycles. The van der Waals surface area contributed by atoms with Gasteiger partial charge in [-0.2, -0.15) is 0 Å². The number of nitrogens with zero attached hydrogens (tertiary/aromatic N) is 1. The first-order valence-corrected chi connectivity index (χ1v) is 7.81. The predicted octanol–water partition coefficient (Wildman–Crippen LogP) is 3.62. The zero-order valence-corrected chi connectivity index (χ0v) is 15.2. The maximum atomic E-state index is 11.8. The van der Waals surface area contributed by atoms with Crippen molar-refractivity contribution in [2.24, 2.45) is 0 Å².